The summed E-state index contributed by atoms with van der Waals surface area (Å²) in [5.74, 6) is -0.421. The van der Waals surface area contributed by atoms with Crippen molar-refractivity contribution in [1.82, 2.24) is 4.98 Å². The van der Waals surface area contributed by atoms with Crippen LogP contribution < -0.4 is 15.5 Å². The van der Waals surface area contributed by atoms with Gasteiger partial charge in [-0.3, -0.25) is 14.9 Å². The predicted molar refractivity (Wildman–Crippen MR) is 128 cm³/mol. The smallest absolute Gasteiger partial charge is 0.250 e. The van der Waals surface area contributed by atoms with Gasteiger partial charge in [-0.2, -0.15) is 0 Å². The second-order valence-corrected chi connectivity index (χ2v) is 8.11. The Labute approximate surface area is 190 Å². The third kappa shape index (κ3) is 6.26. The van der Waals surface area contributed by atoms with Gasteiger partial charge in [-0.1, -0.05) is 30.3 Å². The molecule has 1 fully saturated rings. The summed E-state index contributed by atoms with van der Waals surface area (Å²) in [5, 5.41) is 7.86. The zero-order valence-corrected chi connectivity index (χ0v) is 18.3. The first kappa shape index (κ1) is 21.7. The molecule has 1 aliphatic heterocycles. The van der Waals surface area contributed by atoms with Crippen LogP contribution in [0.1, 0.15) is 11.3 Å². The van der Waals surface area contributed by atoms with E-state index in [-0.39, 0.29) is 18.2 Å². The lowest BCUT2D eigenvalue weighted by Gasteiger charge is -2.28. The van der Waals surface area contributed by atoms with E-state index in [1.807, 2.05) is 54.6 Å². The number of amides is 2. The van der Waals surface area contributed by atoms with E-state index in [4.69, 9.17) is 4.74 Å². The number of rotatable bonds is 7. The molecule has 1 saturated heterocycles. The molecule has 2 N–H and O–H groups in total. The van der Waals surface area contributed by atoms with E-state index in [9.17, 15) is 9.59 Å². The van der Waals surface area contributed by atoms with Gasteiger partial charge in [0, 0.05) is 35.9 Å². The van der Waals surface area contributed by atoms with Crippen molar-refractivity contribution in [3.8, 4) is 0 Å². The van der Waals surface area contributed by atoms with Gasteiger partial charge < -0.3 is 15.0 Å². The minimum atomic E-state index is -0.264. The Morgan fingerprint density at radius 2 is 1.78 bits per heavy atom. The summed E-state index contributed by atoms with van der Waals surface area (Å²) in [4.78, 5) is 31.1. The molecular weight excluding hydrogens is 424 g/mol. The summed E-state index contributed by atoms with van der Waals surface area (Å²) in [6.07, 6.45) is 3.34. The third-order valence-electron chi connectivity index (χ3n) is 4.88. The predicted octanol–water partition coefficient (Wildman–Crippen LogP) is 3.81. The molecule has 3 aromatic rings. The number of benzene rings is 2. The number of hydrogen-bond acceptors (Lipinski definition) is 6. The monoisotopic (exact) mass is 448 g/mol. The highest BCUT2D eigenvalue weighted by Crippen LogP contribution is 2.20. The van der Waals surface area contributed by atoms with Crippen LogP contribution in [0.15, 0.2) is 66.1 Å². The second kappa shape index (κ2) is 10.7. The van der Waals surface area contributed by atoms with E-state index in [0.717, 1.165) is 43.2 Å². The van der Waals surface area contributed by atoms with Crippen molar-refractivity contribution in [3.63, 3.8) is 0 Å². The fraction of sp³-hybridized carbons (Fsp3) is 0.208. The second-order valence-electron chi connectivity index (χ2n) is 7.25. The maximum atomic E-state index is 12.4. The van der Waals surface area contributed by atoms with Gasteiger partial charge >= 0.3 is 0 Å². The Kier molecular flexibility index (Phi) is 7.27. The number of carbonyl (C=O) groups is 2. The summed E-state index contributed by atoms with van der Waals surface area (Å²) < 4.78 is 5.38. The summed E-state index contributed by atoms with van der Waals surface area (Å²) in [7, 11) is 0. The number of nitrogens with zero attached hydrogens (tertiary/aromatic N) is 2. The van der Waals surface area contributed by atoms with Gasteiger partial charge in [-0.15, -0.1) is 11.3 Å². The molecule has 0 radical (unpaired) electrons. The first-order valence-electron chi connectivity index (χ1n) is 10.4. The number of carbonyl (C=O) groups excluding carboxylic acids is 2. The number of morpholine rings is 1. The number of aromatic nitrogens is 1. The molecule has 2 aromatic carbocycles. The van der Waals surface area contributed by atoms with E-state index < -0.39 is 0 Å². The van der Waals surface area contributed by atoms with Crippen LogP contribution in [-0.2, 0) is 20.7 Å². The van der Waals surface area contributed by atoms with Crippen LogP contribution >= 0.6 is 11.3 Å². The molecular formula is C24H24N4O3S. The van der Waals surface area contributed by atoms with Crippen molar-refractivity contribution in [2.24, 2.45) is 0 Å². The molecule has 2 heterocycles. The van der Waals surface area contributed by atoms with E-state index in [2.05, 4.69) is 20.5 Å². The maximum absolute atomic E-state index is 12.4. The minimum absolute atomic E-state index is 0.136. The molecule has 1 aliphatic rings. The third-order valence-corrected chi connectivity index (χ3v) is 5.68. The fourth-order valence-electron chi connectivity index (χ4n) is 3.28. The Bertz CT molecular complexity index is 1070. The molecule has 0 atom stereocenters. The van der Waals surface area contributed by atoms with Gasteiger partial charge in [0.2, 0.25) is 11.8 Å². The van der Waals surface area contributed by atoms with Crippen molar-refractivity contribution in [2.75, 3.05) is 41.8 Å². The van der Waals surface area contributed by atoms with Crippen molar-refractivity contribution >= 4 is 45.7 Å². The first-order valence-corrected chi connectivity index (χ1v) is 11.2. The number of ether oxygens (including phenoxy) is 1. The van der Waals surface area contributed by atoms with Crippen molar-refractivity contribution in [1.29, 1.82) is 0 Å². The van der Waals surface area contributed by atoms with Gasteiger partial charge in [-0.05, 0) is 35.9 Å². The highest BCUT2D eigenvalue weighted by atomic mass is 32.1. The largest absolute Gasteiger partial charge is 0.378 e. The summed E-state index contributed by atoms with van der Waals surface area (Å²) in [6.45, 7) is 3.21. The average molecular weight is 449 g/mol. The van der Waals surface area contributed by atoms with Crippen LogP contribution in [0.3, 0.4) is 0 Å². The fourth-order valence-corrected chi connectivity index (χ4v) is 3.99. The first-order chi connectivity index (χ1) is 15.7. The number of anilines is 3. The molecule has 164 valence electrons. The van der Waals surface area contributed by atoms with Gasteiger partial charge in [0.1, 0.15) is 0 Å². The van der Waals surface area contributed by atoms with E-state index in [1.54, 1.807) is 11.5 Å². The van der Waals surface area contributed by atoms with Crippen LogP contribution in [0.4, 0.5) is 16.5 Å². The molecule has 7 nitrogen and oxygen atoms in total. The Hall–Kier alpha value is -3.49. The van der Waals surface area contributed by atoms with Crippen molar-refractivity contribution < 1.29 is 14.3 Å². The Balaban J connectivity index is 1.26. The molecule has 0 unspecified atom stereocenters. The van der Waals surface area contributed by atoms with Crippen molar-refractivity contribution in [2.45, 2.75) is 6.42 Å². The lowest BCUT2D eigenvalue weighted by atomic mass is 10.2. The van der Waals surface area contributed by atoms with E-state index in [0.29, 0.717) is 10.8 Å². The number of nitrogens with one attached hydrogen (secondary N) is 2. The molecule has 2 amide bonds. The lowest BCUT2D eigenvalue weighted by molar-refractivity contribution is -0.115. The average Bonchev–Trinajstić information content (AvgIpc) is 3.25. The summed E-state index contributed by atoms with van der Waals surface area (Å²) >= 11 is 1.29. The highest BCUT2D eigenvalue weighted by molar-refractivity contribution is 7.14. The molecule has 8 heteroatoms. The van der Waals surface area contributed by atoms with E-state index in [1.165, 1.54) is 17.4 Å². The molecule has 0 bridgehead atoms. The Morgan fingerprint density at radius 3 is 2.53 bits per heavy atom. The van der Waals surface area contributed by atoms with Gasteiger partial charge in [0.05, 0.1) is 25.3 Å². The highest BCUT2D eigenvalue weighted by Gasteiger charge is 2.12. The van der Waals surface area contributed by atoms with Crippen LogP contribution in [0.5, 0.6) is 0 Å². The van der Waals surface area contributed by atoms with Gasteiger partial charge in [0.15, 0.2) is 5.13 Å². The SMILES string of the molecule is O=C(/C=C/c1ccccc1)Nc1nc(CC(=O)Nc2ccc(N3CCOCC3)cc2)cs1. The summed E-state index contributed by atoms with van der Waals surface area (Å²) in [6, 6.07) is 17.4. The van der Waals surface area contributed by atoms with Crippen molar-refractivity contribution in [3.05, 3.63) is 77.3 Å². The molecule has 0 aliphatic carbocycles. The zero-order chi connectivity index (χ0) is 22.2. The number of hydrogen-bond donors (Lipinski definition) is 2. The zero-order valence-electron chi connectivity index (χ0n) is 17.5. The molecule has 0 saturated carbocycles. The van der Waals surface area contributed by atoms with Gasteiger partial charge in [0.25, 0.3) is 0 Å². The van der Waals surface area contributed by atoms with Crippen LogP contribution in [0.25, 0.3) is 6.08 Å². The van der Waals surface area contributed by atoms with E-state index >= 15 is 0 Å². The van der Waals surface area contributed by atoms with Crippen LogP contribution in [-0.4, -0.2) is 43.1 Å². The molecule has 32 heavy (non-hydrogen) atoms. The van der Waals surface area contributed by atoms with Gasteiger partial charge in [-0.25, -0.2) is 4.98 Å². The standard InChI is InChI=1S/C24H24N4O3S/c29-22(11-6-18-4-2-1-3-5-18)27-24-26-20(17-32-24)16-23(30)25-19-7-9-21(10-8-19)28-12-14-31-15-13-28/h1-11,17H,12-16H2,(H,25,30)(H,26,27,29)/b11-6+. The lowest BCUT2D eigenvalue weighted by Crippen LogP contribution is -2.36. The molecule has 4 rings (SSSR count). The normalized spacial score (nSPS) is 13.8. The maximum Gasteiger partial charge on any atom is 0.250 e. The molecule has 0 spiro atoms. The minimum Gasteiger partial charge on any atom is -0.378 e. The molecule has 1 aromatic heterocycles. The Morgan fingerprint density at radius 1 is 1.03 bits per heavy atom. The topological polar surface area (TPSA) is 83.6 Å². The summed E-state index contributed by atoms with van der Waals surface area (Å²) in [5.41, 5.74) is 3.41. The van der Waals surface area contributed by atoms with Crippen LogP contribution in [0.2, 0.25) is 0 Å². The number of thiazole rings is 1. The van der Waals surface area contributed by atoms with Crippen LogP contribution in [0, 0.1) is 0 Å². The quantitative estimate of drug-likeness (QED) is 0.537.